The number of carbonyl (C=O) groups excluding carboxylic acids is 1. The fraction of sp³-hybridized carbons (Fsp3) is 0.500. The van der Waals surface area contributed by atoms with Gasteiger partial charge in [0.05, 0.1) is 19.3 Å². The number of likely N-dealkylation sites (N-methyl/N-ethyl adjacent to an activating group) is 1. The summed E-state index contributed by atoms with van der Waals surface area (Å²) in [5, 5.41) is 3.52. The van der Waals surface area contributed by atoms with Crippen LogP contribution >= 0.6 is 0 Å². The summed E-state index contributed by atoms with van der Waals surface area (Å²) in [7, 11) is 3.95. The molecule has 0 unspecified atom stereocenters. The Labute approximate surface area is 145 Å². The first-order valence-electron chi connectivity index (χ1n) is 8.37. The van der Waals surface area contributed by atoms with Gasteiger partial charge < -0.3 is 24.1 Å². The molecule has 0 aliphatic carbocycles. The minimum Gasteiger partial charge on any atom is -0.451 e. The maximum Gasteiger partial charge on any atom is 0.287 e. The molecule has 1 aliphatic rings. The summed E-state index contributed by atoms with van der Waals surface area (Å²) in [5.41, 5.74) is 0.484. The van der Waals surface area contributed by atoms with Crippen molar-refractivity contribution in [2.24, 2.45) is 0 Å². The van der Waals surface area contributed by atoms with Crippen molar-refractivity contribution < 1.29 is 23.1 Å². The third-order valence-corrected chi connectivity index (χ3v) is 4.19. The van der Waals surface area contributed by atoms with Gasteiger partial charge in [-0.25, -0.2) is 4.39 Å². The van der Waals surface area contributed by atoms with Crippen LogP contribution in [0.1, 0.15) is 17.0 Å². The van der Waals surface area contributed by atoms with Crippen LogP contribution in [0.2, 0.25) is 0 Å². The van der Waals surface area contributed by atoms with Crippen molar-refractivity contribution in [3.8, 4) is 0 Å². The zero-order chi connectivity index (χ0) is 17.8. The molecule has 1 aliphatic heterocycles. The van der Waals surface area contributed by atoms with Gasteiger partial charge in [0.15, 0.2) is 5.76 Å². The molecular formula is C18H23FN2O4. The number of hydrogen-bond acceptors (Lipinski definition) is 5. The second-order valence-electron chi connectivity index (χ2n) is 6.45. The fourth-order valence-electron chi connectivity index (χ4n) is 2.79. The molecule has 25 heavy (non-hydrogen) atoms. The van der Waals surface area contributed by atoms with Gasteiger partial charge in [-0.15, -0.1) is 0 Å². The standard InChI is InChI=1S/C18H23FN2O4/c1-21(2)6-8-24-17-11-23-7-5-14(17)20-18(22)16-10-12-9-13(19)3-4-15(12)25-16/h3-4,9-10,14,17H,5-8,11H2,1-2H3,(H,20,22)/t14-,17-/m1/s1. The Morgan fingerprint density at radius 2 is 2.24 bits per heavy atom. The molecule has 1 aromatic heterocycles. The largest absolute Gasteiger partial charge is 0.451 e. The van der Waals surface area contributed by atoms with E-state index in [1.807, 2.05) is 19.0 Å². The SMILES string of the molecule is CN(C)CCO[C@@H]1COCC[C@H]1NC(=O)c1cc2cc(F)ccc2o1. The molecule has 2 heterocycles. The number of hydrogen-bond donors (Lipinski definition) is 1. The molecule has 0 radical (unpaired) electrons. The lowest BCUT2D eigenvalue weighted by Crippen LogP contribution is -2.50. The molecule has 0 saturated carbocycles. The number of benzene rings is 1. The van der Waals surface area contributed by atoms with Crippen LogP contribution < -0.4 is 5.32 Å². The second-order valence-corrected chi connectivity index (χ2v) is 6.45. The van der Waals surface area contributed by atoms with Crippen molar-refractivity contribution in [2.75, 3.05) is 40.5 Å². The van der Waals surface area contributed by atoms with Crippen molar-refractivity contribution in [3.63, 3.8) is 0 Å². The number of amides is 1. The predicted octanol–water partition coefficient (Wildman–Crippen LogP) is 2.04. The number of carbonyl (C=O) groups is 1. The van der Waals surface area contributed by atoms with Gasteiger partial charge in [-0.3, -0.25) is 4.79 Å². The molecule has 0 spiro atoms. The molecule has 1 saturated heterocycles. The van der Waals surface area contributed by atoms with Crippen LogP contribution in [0.25, 0.3) is 11.0 Å². The Balaban J connectivity index is 1.64. The summed E-state index contributed by atoms with van der Waals surface area (Å²) in [6.45, 7) is 2.39. The minimum absolute atomic E-state index is 0.145. The van der Waals surface area contributed by atoms with E-state index in [0.29, 0.717) is 37.2 Å². The normalized spacial score (nSPS) is 21.0. The van der Waals surface area contributed by atoms with Crippen molar-refractivity contribution in [3.05, 3.63) is 35.8 Å². The first kappa shape index (κ1) is 17.8. The average Bonchev–Trinajstić information content (AvgIpc) is 2.99. The summed E-state index contributed by atoms with van der Waals surface area (Å²) < 4.78 is 30.1. The van der Waals surface area contributed by atoms with Crippen molar-refractivity contribution in [2.45, 2.75) is 18.6 Å². The molecule has 3 rings (SSSR count). The van der Waals surface area contributed by atoms with Crippen LogP contribution in [0.5, 0.6) is 0 Å². The molecular weight excluding hydrogens is 327 g/mol. The number of rotatable bonds is 6. The molecule has 1 amide bonds. The number of fused-ring (bicyclic) bond motifs is 1. The summed E-state index contributed by atoms with van der Waals surface area (Å²) in [4.78, 5) is 14.5. The first-order chi connectivity index (χ1) is 12.0. The Hall–Kier alpha value is -1.96. The van der Waals surface area contributed by atoms with Gasteiger partial charge >= 0.3 is 0 Å². The Bertz CT molecular complexity index is 731. The summed E-state index contributed by atoms with van der Waals surface area (Å²) in [6.07, 6.45) is 0.479. The Morgan fingerprint density at radius 3 is 3.04 bits per heavy atom. The van der Waals surface area contributed by atoms with Gasteiger partial charge in [-0.2, -0.15) is 0 Å². The predicted molar refractivity (Wildman–Crippen MR) is 91.2 cm³/mol. The lowest BCUT2D eigenvalue weighted by atomic mass is 10.1. The highest BCUT2D eigenvalue weighted by Gasteiger charge is 2.29. The van der Waals surface area contributed by atoms with E-state index in [0.717, 1.165) is 6.54 Å². The van der Waals surface area contributed by atoms with Crippen LogP contribution in [-0.4, -0.2) is 63.4 Å². The summed E-state index contributed by atoms with van der Waals surface area (Å²) >= 11 is 0. The maximum absolute atomic E-state index is 13.3. The zero-order valence-corrected chi connectivity index (χ0v) is 14.5. The number of ether oxygens (including phenoxy) is 2. The number of nitrogens with one attached hydrogen (secondary N) is 1. The van der Waals surface area contributed by atoms with E-state index in [-0.39, 0.29) is 29.6 Å². The van der Waals surface area contributed by atoms with Crippen molar-refractivity contribution in [1.29, 1.82) is 0 Å². The van der Waals surface area contributed by atoms with Crippen LogP contribution in [-0.2, 0) is 9.47 Å². The zero-order valence-electron chi connectivity index (χ0n) is 14.5. The summed E-state index contributed by atoms with van der Waals surface area (Å²) in [6, 6.07) is 5.57. The van der Waals surface area contributed by atoms with Gasteiger partial charge in [-0.05, 0) is 44.8 Å². The van der Waals surface area contributed by atoms with Gasteiger partial charge in [-0.1, -0.05) is 0 Å². The van der Waals surface area contributed by atoms with Gasteiger partial charge in [0.25, 0.3) is 5.91 Å². The van der Waals surface area contributed by atoms with E-state index in [9.17, 15) is 9.18 Å². The first-order valence-corrected chi connectivity index (χ1v) is 8.37. The number of nitrogens with zero attached hydrogens (tertiary/aromatic N) is 1. The van der Waals surface area contributed by atoms with Crippen molar-refractivity contribution >= 4 is 16.9 Å². The smallest absolute Gasteiger partial charge is 0.287 e. The quantitative estimate of drug-likeness (QED) is 0.864. The highest BCUT2D eigenvalue weighted by atomic mass is 19.1. The Kier molecular flexibility index (Phi) is 5.67. The molecule has 0 bridgehead atoms. The maximum atomic E-state index is 13.3. The third-order valence-electron chi connectivity index (χ3n) is 4.19. The second kappa shape index (κ2) is 7.95. The van der Waals surface area contributed by atoms with E-state index in [2.05, 4.69) is 5.32 Å². The molecule has 136 valence electrons. The summed E-state index contributed by atoms with van der Waals surface area (Å²) in [5.74, 6) is -0.525. The monoisotopic (exact) mass is 350 g/mol. The minimum atomic E-state index is -0.362. The highest BCUT2D eigenvalue weighted by molar-refractivity contribution is 5.96. The lowest BCUT2D eigenvalue weighted by Gasteiger charge is -2.32. The molecule has 2 aromatic rings. The highest BCUT2D eigenvalue weighted by Crippen LogP contribution is 2.21. The molecule has 1 fully saturated rings. The van der Waals surface area contributed by atoms with Crippen LogP contribution in [0.3, 0.4) is 0 Å². The number of furan rings is 1. The van der Waals surface area contributed by atoms with Gasteiger partial charge in [0, 0.05) is 18.5 Å². The lowest BCUT2D eigenvalue weighted by molar-refractivity contribution is -0.0691. The molecule has 7 heteroatoms. The third kappa shape index (κ3) is 4.56. The van der Waals surface area contributed by atoms with E-state index in [1.54, 1.807) is 6.07 Å². The van der Waals surface area contributed by atoms with E-state index in [4.69, 9.17) is 13.9 Å². The topological polar surface area (TPSA) is 63.9 Å². The van der Waals surface area contributed by atoms with Gasteiger partial charge in [0.1, 0.15) is 17.5 Å². The molecule has 2 atom stereocenters. The van der Waals surface area contributed by atoms with Crippen molar-refractivity contribution in [1.82, 2.24) is 10.2 Å². The number of halogens is 1. The van der Waals surface area contributed by atoms with Crippen LogP contribution in [0.4, 0.5) is 4.39 Å². The molecule has 6 nitrogen and oxygen atoms in total. The van der Waals surface area contributed by atoms with E-state index >= 15 is 0 Å². The van der Waals surface area contributed by atoms with Gasteiger partial charge in [0.2, 0.25) is 0 Å². The van der Waals surface area contributed by atoms with Crippen LogP contribution in [0, 0.1) is 5.82 Å². The van der Waals surface area contributed by atoms with E-state index in [1.165, 1.54) is 18.2 Å². The molecule has 1 aromatic carbocycles. The average molecular weight is 350 g/mol. The van der Waals surface area contributed by atoms with E-state index < -0.39 is 0 Å². The Morgan fingerprint density at radius 1 is 1.40 bits per heavy atom. The van der Waals surface area contributed by atoms with Crippen LogP contribution in [0.15, 0.2) is 28.7 Å². The molecule has 1 N–H and O–H groups in total. The fourth-order valence-corrected chi connectivity index (χ4v) is 2.79.